The second kappa shape index (κ2) is 9.74. The van der Waals surface area contributed by atoms with Crippen LogP contribution in [0.25, 0.3) is 0 Å². The highest BCUT2D eigenvalue weighted by atomic mass is 16.1. The molecule has 0 saturated carbocycles. The zero-order valence-corrected chi connectivity index (χ0v) is 15.8. The highest BCUT2D eigenvalue weighted by Crippen LogP contribution is 2.18. The minimum absolute atomic E-state index is 0.0196. The van der Waals surface area contributed by atoms with E-state index in [1.54, 1.807) is 0 Å². The fourth-order valence-electron chi connectivity index (χ4n) is 3.01. The minimum Gasteiger partial charge on any atom is -0.332 e. The van der Waals surface area contributed by atoms with Gasteiger partial charge in [-0.3, -0.25) is 4.79 Å². The summed E-state index contributed by atoms with van der Waals surface area (Å²) in [5, 5.41) is 13.7. The summed E-state index contributed by atoms with van der Waals surface area (Å²) in [5.41, 5.74) is 4.30. The van der Waals surface area contributed by atoms with Crippen molar-refractivity contribution in [3.63, 3.8) is 0 Å². The molecule has 0 aliphatic carbocycles. The molecule has 2 rings (SSSR count). The van der Waals surface area contributed by atoms with E-state index in [4.69, 9.17) is 5.26 Å². The van der Waals surface area contributed by atoms with Crippen LogP contribution in [0.5, 0.6) is 0 Å². The summed E-state index contributed by atoms with van der Waals surface area (Å²) in [7, 11) is 0. The van der Waals surface area contributed by atoms with Crippen LogP contribution in [0, 0.1) is 17.2 Å². The molecule has 2 aromatic rings. The Kier molecular flexibility index (Phi) is 7.37. The smallest absolute Gasteiger partial charge is 0.279 e. The average Bonchev–Trinajstić information content (AvgIpc) is 2.64. The van der Waals surface area contributed by atoms with Gasteiger partial charge >= 0.3 is 0 Å². The van der Waals surface area contributed by atoms with Crippen LogP contribution in [0.3, 0.4) is 0 Å². The molecule has 4 nitrogen and oxygen atoms in total. The van der Waals surface area contributed by atoms with Gasteiger partial charge in [0.1, 0.15) is 6.04 Å². The number of nitrogens with two attached hydrogens (primary N) is 1. The molecule has 0 aliphatic rings. The first-order valence-electron chi connectivity index (χ1n) is 9.21. The predicted octanol–water partition coefficient (Wildman–Crippen LogP) is 3.21. The van der Waals surface area contributed by atoms with Gasteiger partial charge in [-0.05, 0) is 29.7 Å². The third kappa shape index (κ3) is 5.72. The van der Waals surface area contributed by atoms with Gasteiger partial charge in [0.15, 0.2) is 6.54 Å². The summed E-state index contributed by atoms with van der Waals surface area (Å²) in [6.45, 7) is 6.89. The van der Waals surface area contributed by atoms with Crippen molar-refractivity contribution in [2.45, 2.75) is 39.7 Å². The van der Waals surface area contributed by atoms with Crippen LogP contribution < -0.4 is 10.6 Å². The van der Waals surface area contributed by atoms with Crippen LogP contribution in [-0.2, 0) is 17.6 Å². The maximum Gasteiger partial charge on any atom is 0.279 e. The summed E-state index contributed by atoms with van der Waals surface area (Å²) in [6.07, 6.45) is 1.42. The van der Waals surface area contributed by atoms with Gasteiger partial charge in [0, 0.05) is 17.2 Å². The van der Waals surface area contributed by atoms with Gasteiger partial charge in [-0.15, -0.1) is 0 Å². The monoisotopic (exact) mass is 350 g/mol. The van der Waals surface area contributed by atoms with Crippen LogP contribution in [-0.4, -0.2) is 12.5 Å². The molecule has 0 spiro atoms. The van der Waals surface area contributed by atoms with Gasteiger partial charge in [0.05, 0.1) is 12.5 Å². The normalized spacial score (nSPS) is 11.8. The molecule has 0 saturated heterocycles. The summed E-state index contributed by atoms with van der Waals surface area (Å²) in [4.78, 5) is 12.3. The van der Waals surface area contributed by atoms with E-state index in [0.717, 1.165) is 17.7 Å². The first kappa shape index (κ1) is 19.7. The topological polar surface area (TPSA) is 69.5 Å². The maximum absolute atomic E-state index is 12.3. The van der Waals surface area contributed by atoms with Crippen molar-refractivity contribution in [3.8, 4) is 6.07 Å². The number of rotatable bonds is 8. The second-order valence-electron chi connectivity index (χ2n) is 6.88. The Bertz CT molecular complexity index is 742. The van der Waals surface area contributed by atoms with Crippen LogP contribution in [0.4, 0.5) is 5.69 Å². The molecule has 0 aromatic heterocycles. The lowest BCUT2D eigenvalue weighted by atomic mass is 9.95. The highest BCUT2D eigenvalue weighted by molar-refractivity contribution is 5.91. The van der Waals surface area contributed by atoms with E-state index in [-0.39, 0.29) is 11.9 Å². The number of amides is 1. The van der Waals surface area contributed by atoms with Crippen LogP contribution in [0.2, 0.25) is 0 Å². The summed E-state index contributed by atoms with van der Waals surface area (Å²) in [5.74, 6) is 0.411. The lowest BCUT2D eigenvalue weighted by Crippen LogP contribution is -2.88. The number of hydrogen-bond acceptors (Lipinski definition) is 2. The van der Waals surface area contributed by atoms with Crippen LogP contribution in [0.1, 0.15) is 43.5 Å². The van der Waals surface area contributed by atoms with Gasteiger partial charge in [0.25, 0.3) is 5.91 Å². The van der Waals surface area contributed by atoms with Gasteiger partial charge < -0.3 is 10.6 Å². The molecular weight excluding hydrogens is 322 g/mol. The zero-order chi connectivity index (χ0) is 18.9. The van der Waals surface area contributed by atoms with E-state index in [2.05, 4.69) is 61.7 Å². The van der Waals surface area contributed by atoms with E-state index in [9.17, 15) is 4.79 Å². The van der Waals surface area contributed by atoms with Crippen molar-refractivity contribution in [3.05, 3.63) is 65.2 Å². The van der Waals surface area contributed by atoms with E-state index >= 15 is 0 Å². The number of carbonyl (C=O) groups is 1. The molecule has 26 heavy (non-hydrogen) atoms. The summed E-state index contributed by atoms with van der Waals surface area (Å²) < 4.78 is 0. The Morgan fingerprint density at radius 1 is 1.08 bits per heavy atom. The number of quaternary nitrogens is 1. The summed E-state index contributed by atoms with van der Waals surface area (Å²) >= 11 is 0. The number of anilines is 1. The van der Waals surface area contributed by atoms with E-state index in [0.29, 0.717) is 18.9 Å². The third-order valence-corrected chi connectivity index (χ3v) is 4.57. The number of nitrogens with one attached hydrogen (secondary N) is 1. The molecule has 136 valence electrons. The number of carbonyl (C=O) groups excluding carboxylic acids is 1. The van der Waals surface area contributed by atoms with Gasteiger partial charge in [-0.25, -0.2) is 0 Å². The number of hydrogen-bond donors (Lipinski definition) is 2. The molecule has 1 amide bonds. The van der Waals surface area contributed by atoms with Crippen LogP contribution in [0.15, 0.2) is 48.5 Å². The predicted molar refractivity (Wildman–Crippen MR) is 105 cm³/mol. The molecule has 1 atom stereocenters. The van der Waals surface area contributed by atoms with Gasteiger partial charge in [0.2, 0.25) is 0 Å². The van der Waals surface area contributed by atoms with Crippen molar-refractivity contribution >= 4 is 11.6 Å². The van der Waals surface area contributed by atoms with Crippen molar-refractivity contribution in [1.29, 1.82) is 5.26 Å². The summed E-state index contributed by atoms with van der Waals surface area (Å²) in [6, 6.07) is 18.5. The first-order chi connectivity index (χ1) is 12.5. The molecular formula is C22H28N3O+. The van der Waals surface area contributed by atoms with Crippen LogP contribution >= 0.6 is 0 Å². The number of nitriles is 1. The molecule has 0 bridgehead atoms. The fraction of sp³-hybridized carbons (Fsp3) is 0.364. The average molecular weight is 350 g/mol. The number of benzene rings is 2. The highest BCUT2D eigenvalue weighted by Gasteiger charge is 2.20. The molecule has 4 heteroatoms. The SMILES string of the molecule is CCc1ccc([C@H]([NH2+]CC(=O)Nc2ccc(CC#N)cc2)C(C)C)cc1. The quantitative estimate of drug-likeness (QED) is 0.767. The Labute approximate surface area is 156 Å². The Balaban J connectivity index is 1.93. The van der Waals surface area contributed by atoms with E-state index in [1.165, 1.54) is 11.1 Å². The largest absolute Gasteiger partial charge is 0.332 e. The van der Waals surface area contributed by atoms with Crippen molar-refractivity contribution in [1.82, 2.24) is 0 Å². The van der Waals surface area contributed by atoms with Crippen molar-refractivity contribution < 1.29 is 10.1 Å². The number of nitrogens with zero attached hydrogens (tertiary/aromatic N) is 1. The Morgan fingerprint density at radius 2 is 1.69 bits per heavy atom. The fourth-order valence-corrected chi connectivity index (χ4v) is 3.01. The minimum atomic E-state index is -0.0196. The van der Waals surface area contributed by atoms with E-state index in [1.807, 2.05) is 24.3 Å². The Morgan fingerprint density at radius 3 is 2.23 bits per heavy atom. The van der Waals surface area contributed by atoms with Crippen molar-refractivity contribution in [2.24, 2.45) is 5.92 Å². The zero-order valence-electron chi connectivity index (χ0n) is 15.8. The second-order valence-corrected chi connectivity index (χ2v) is 6.88. The van der Waals surface area contributed by atoms with E-state index < -0.39 is 0 Å². The molecule has 2 aromatic carbocycles. The molecule has 0 radical (unpaired) electrons. The Hall–Kier alpha value is -2.64. The molecule has 0 unspecified atom stereocenters. The lowest BCUT2D eigenvalue weighted by molar-refractivity contribution is -0.692. The van der Waals surface area contributed by atoms with Crippen molar-refractivity contribution in [2.75, 3.05) is 11.9 Å². The molecule has 0 fully saturated rings. The standard InChI is InChI=1S/C22H27N3O/c1-4-17-5-9-19(10-6-17)22(16(2)3)24-15-21(26)25-20-11-7-18(8-12-20)13-14-23/h5-12,16,22,24H,4,13,15H2,1-3H3,(H,25,26)/p+1/t22-/m1/s1. The first-order valence-corrected chi connectivity index (χ1v) is 9.21. The lowest BCUT2D eigenvalue weighted by Gasteiger charge is -2.20. The van der Waals surface area contributed by atoms with Gasteiger partial charge in [-0.1, -0.05) is 57.2 Å². The number of aryl methyl sites for hydroxylation is 1. The van der Waals surface area contributed by atoms with Gasteiger partial charge in [-0.2, -0.15) is 5.26 Å². The molecule has 0 aliphatic heterocycles. The third-order valence-electron chi connectivity index (χ3n) is 4.57. The molecule has 3 N–H and O–H groups in total. The molecule has 0 heterocycles. The maximum atomic E-state index is 12.3.